The Hall–Kier alpha value is -3.02. The van der Waals surface area contributed by atoms with Crippen LogP contribution >= 0.6 is 0 Å². The molecule has 0 spiro atoms. The fourth-order valence-corrected chi connectivity index (χ4v) is 2.37. The number of hydrogen-bond donors (Lipinski definition) is 2. The molecule has 0 heterocycles. The van der Waals surface area contributed by atoms with Gasteiger partial charge in [-0.15, -0.1) is 0 Å². The van der Waals surface area contributed by atoms with E-state index in [0.717, 1.165) is 17.0 Å². The van der Waals surface area contributed by atoms with Crippen LogP contribution in [0, 0.1) is 0 Å². The Morgan fingerprint density at radius 3 is 2.27 bits per heavy atom. The van der Waals surface area contributed by atoms with Crippen LogP contribution in [0.2, 0.25) is 0 Å². The maximum atomic E-state index is 12.1. The highest BCUT2D eigenvalue weighted by Gasteiger charge is 2.15. The second kappa shape index (κ2) is 8.89. The fraction of sp³-hybridized carbons (Fsp3) is 0.300. The van der Waals surface area contributed by atoms with Crippen LogP contribution < -0.4 is 20.3 Å². The molecule has 6 nitrogen and oxygen atoms in total. The average molecular weight is 355 g/mol. The predicted octanol–water partition coefficient (Wildman–Crippen LogP) is 2.79. The zero-order chi connectivity index (χ0) is 19.1. The standard InChI is InChI=1S/C20H25N3O3/c1-14(2)26-16-11-9-15(10-12-16)13-21-19(24)20(25)22-17-7-5-6-8-18(17)23(3)4/h5-12,14H,13H2,1-4H3,(H,21,24)(H,22,25). The monoisotopic (exact) mass is 355 g/mol. The first kappa shape index (κ1) is 19.3. The Kier molecular flexibility index (Phi) is 6.60. The average Bonchev–Trinajstić information content (AvgIpc) is 2.60. The molecule has 0 aromatic heterocycles. The number of hydrogen-bond acceptors (Lipinski definition) is 4. The summed E-state index contributed by atoms with van der Waals surface area (Å²) >= 11 is 0. The van der Waals surface area contributed by atoms with E-state index in [1.165, 1.54) is 0 Å². The van der Waals surface area contributed by atoms with Crippen molar-refractivity contribution in [2.75, 3.05) is 24.3 Å². The summed E-state index contributed by atoms with van der Waals surface area (Å²) in [6.45, 7) is 4.19. The van der Waals surface area contributed by atoms with Gasteiger partial charge in [-0.05, 0) is 43.7 Å². The molecule has 0 aliphatic rings. The van der Waals surface area contributed by atoms with E-state index in [0.29, 0.717) is 5.69 Å². The van der Waals surface area contributed by atoms with Crippen LogP contribution in [0.25, 0.3) is 0 Å². The summed E-state index contributed by atoms with van der Waals surface area (Å²) in [6, 6.07) is 14.7. The number of nitrogens with one attached hydrogen (secondary N) is 2. The molecule has 138 valence electrons. The van der Waals surface area contributed by atoms with Crippen molar-refractivity contribution in [2.45, 2.75) is 26.5 Å². The minimum Gasteiger partial charge on any atom is -0.491 e. The van der Waals surface area contributed by atoms with Crippen LogP contribution in [-0.2, 0) is 16.1 Å². The van der Waals surface area contributed by atoms with Gasteiger partial charge in [0.2, 0.25) is 0 Å². The van der Waals surface area contributed by atoms with Crippen molar-refractivity contribution in [1.29, 1.82) is 0 Å². The topological polar surface area (TPSA) is 70.7 Å². The number of carbonyl (C=O) groups excluding carboxylic acids is 2. The van der Waals surface area contributed by atoms with Gasteiger partial charge in [0.25, 0.3) is 0 Å². The number of benzene rings is 2. The van der Waals surface area contributed by atoms with Gasteiger partial charge in [-0.25, -0.2) is 0 Å². The Balaban J connectivity index is 1.90. The van der Waals surface area contributed by atoms with Crippen LogP contribution in [0.15, 0.2) is 48.5 Å². The number of nitrogens with zero attached hydrogens (tertiary/aromatic N) is 1. The molecule has 26 heavy (non-hydrogen) atoms. The molecular formula is C20H25N3O3. The highest BCUT2D eigenvalue weighted by Crippen LogP contribution is 2.23. The number of ether oxygens (including phenoxy) is 1. The molecule has 0 aliphatic carbocycles. The lowest BCUT2D eigenvalue weighted by Gasteiger charge is -2.17. The minimum absolute atomic E-state index is 0.106. The maximum absolute atomic E-state index is 12.1. The number of para-hydroxylation sites is 2. The third-order valence-electron chi connectivity index (χ3n) is 3.59. The van der Waals surface area contributed by atoms with Gasteiger partial charge in [-0.1, -0.05) is 24.3 Å². The molecular weight excluding hydrogens is 330 g/mol. The molecule has 2 amide bonds. The van der Waals surface area contributed by atoms with E-state index in [1.807, 2.05) is 69.2 Å². The molecule has 0 saturated carbocycles. The van der Waals surface area contributed by atoms with Gasteiger partial charge in [0.05, 0.1) is 17.5 Å². The molecule has 2 rings (SSSR count). The summed E-state index contributed by atoms with van der Waals surface area (Å²) in [6.07, 6.45) is 0.106. The lowest BCUT2D eigenvalue weighted by molar-refractivity contribution is -0.136. The van der Waals surface area contributed by atoms with E-state index >= 15 is 0 Å². The van der Waals surface area contributed by atoms with Crippen molar-refractivity contribution < 1.29 is 14.3 Å². The third-order valence-corrected chi connectivity index (χ3v) is 3.59. The fourth-order valence-electron chi connectivity index (χ4n) is 2.37. The first-order valence-electron chi connectivity index (χ1n) is 8.48. The van der Waals surface area contributed by atoms with E-state index in [4.69, 9.17) is 4.74 Å². The Bertz CT molecular complexity index is 755. The van der Waals surface area contributed by atoms with Gasteiger partial charge >= 0.3 is 11.8 Å². The van der Waals surface area contributed by atoms with Crippen LogP contribution in [0.4, 0.5) is 11.4 Å². The molecule has 0 atom stereocenters. The van der Waals surface area contributed by atoms with Crippen molar-refractivity contribution in [3.05, 3.63) is 54.1 Å². The van der Waals surface area contributed by atoms with E-state index in [2.05, 4.69) is 10.6 Å². The third kappa shape index (κ3) is 5.51. The Morgan fingerprint density at radius 1 is 1.00 bits per heavy atom. The van der Waals surface area contributed by atoms with E-state index in [1.54, 1.807) is 12.1 Å². The highest BCUT2D eigenvalue weighted by atomic mass is 16.5. The van der Waals surface area contributed by atoms with Gasteiger partial charge in [-0.3, -0.25) is 9.59 Å². The first-order chi connectivity index (χ1) is 12.4. The Labute approximate surface area is 154 Å². The van der Waals surface area contributed by atoms with Crippen LogP contribution in [0.1, 0.15) is 19.4 Å². The second-order valence-corrected chi connectivity index (χ2v) is 6.36. The molecule has 0 bridgehead atoms. The van der Waals surface area contributed by atoms with Gasteiger partial charge < -0.3 is 20.3 Å². The summed E-state index contributed by atoms with van der Waals surface area (Å²) in [5.41, 5.74) is 2.30. The molecule has 2 aromatic rings. The molecule has 0 radical (unpaired) electrons. The van der Waals surface area contributed by atoms with E-state index < -0.39 is 11.8 Å². The summed E-state index contributed by atoms with van der Waals surface area (Å²) in [5, 5.41) is 5.27. The van der Waals surface area contributed by atoms with Crippen LogP contribution in [0.3, 0.4) is 0 Å². The normalized spacial score (nSPS) is 10.3. The summed E-state index contributed by atoms with van der Waals surface area (Å²) in [4.78, 5) is 26.0. The van der Waals surface area contributed by atoms with Crippen molar-refractivity contribution in [1.82, 2.24) is 5.32 Å². The van der Waals surface area contributed by atoms with Crippen molar-refractivity contribution in [2.24, 2.45) is 0 Å². The van der Waals surface area contributed by atoms with E-state index in [-0.39, 0.29) is 12.6 Å². The summed E-state index contributed by atoms with van der Waals surface area (Å²) in [7, 11) is 3.75. The smallest absolute Gasteiger partial charge is 0.313 e. The quantitative estimate of drug-likeness (QED) is 0.782. The molecule has 0 aliphatic heterocycles. The largest absolute Gasteiger partial charge is 0.491 e. The van der Waals surface area contributed by atoms with Gasteiger partial charge in [0, 0.05) is 20.6 Å². The van der Waals surface area contributed by atoms with Gasteiger partial charge in [0.1, 0.15) is 5.75 Å². The van der Waals surface area contributed by atoms with Crippen LogP contribution in [0.5, 0.6) is 5.75 Å². The maximum Gasteiger partial charge on any atom is 0.313 e. The lowest BCUT2D eigenvalue weighted by atomic mass is 10.2. The molecule has 6 heteroatoms. The Morgan fingerprint density at radius 2 is 1.65 bits per heavy atom. The SMILES string of the molecule is CC(C)Oc1ccc(CNC(=O)C(=O)Nc2ccccc2N(C)C)cc1. The summed E-state index contributed by atoms with van der Waals surface area (Å²) < 4.78 is 5.57. The van der Waals surface area contributed by atoms with E-state index in [9.17, 15) is 9.59 Å². The number of carbonyl (C=O) groups is 2. The second-order valence-electron chi connectivity index (χ2n) is 6.36. The highest BCUT2D eigenvalue weighted by molar-refractivity contribution is 6.39. The number of amides is 2. The predicted molar refractivity (Wildman–Crippen MR) is 103 cm³/mol. The summed E-state index contributed by atoms with van der Waals surface area (Å²) in [5.74, 6) is -0.603. The van der Waals surface area contributed by atoms with Crippen LogP contribution in [-0.4, -0.2) is 32.0 Å². The van der Waals surface area contributed by atoms with Crippen molar-refractivity contribution >= 4 is 23.2 Å². The van der Waals surface area contributed by atoms with Crippen molar-refractivity contribution in [3.8, 4) is 5.75 Å². The molecule has 2 N–H and O–H groups in total. The lowest BCUT2D eigenvalue weighted by Crippen LogP contribution is -2.35. The molecule has 0 fully saturated rings. The molecule has 0 saturated heterocycles. The zero-order valence-electron chi connectivity index (χ0n) is 15.6. The molecule has 0 unspecified atom stereocenters. The van der Waals surface area contributed by atoms with Crippen molar-refractivity contribution in [3.63, 3.8) is 0 Å². The number of anilines is 2. The van der Waals surface area contributed by atoms with Gasteiger partial charge in [0.15, 0.2) is 0 Å². The minimum atomic E-state index is -0.695. The van der Waals surface area contributed by atoms with Gasteiger partial charge in [-0.2, -0.15) is 0 Å². The molecule has 2 aromatic carbocycles. The zero-order valence-corrected chi connectivity index (χ0v) is 15.6. The first-order valence-corrected chi connectivity index (χ1v) is 8.48. The number of rotatable bonds is 6.